The molecule has 1 aromatic heterocycles. The molecule has 5 nitrogen and oxygen atoms in total. The molecular formula is C16H11Cl3N2O3. The topological polar surface area (TPSA) is 68.3 Å². The molecule has 2 aromatic rings. The largest absolute Gasteiger partial charge is 0.452 e. The third-order valence-electron chi connectivity index (χ3n) is 2.70. The number of ether oxygens (including phenoxy) is 1. The third-order valence-corrected chi connectivity index (χ3v) is 3.49. The molecule has 8 heteroatoms. The van der Waals surface area contributed by atoms with Crippen LogP contribution in [0.25, 0.3) is 6.08 Å². The molecule has 124 valence electrons. The first-order chi connectivity index (χ1) is 11.4. The molecule has 1 heterocycles. The molecule has 0 saturated carbocycles. The van der Waals surface area contributed by atoms with Gasteiger partial charge in [0.1, 0.15) is 5.82 Å². The Kier molecular flexibility index (Phi) is 6.61. The zero-order chi connectivity index (χ0) is 17.5. The SMILES string of the molecule is O=C(COC(=O)/C=C/c1ccc(Cl)cc1Cl)Nc1ccc(Cl)cn1. The van der Waals surface area contributed by atoms with Crippen LogP contribution in [0.1, 0.15) is 5.56 Å². The highest BCUT2D eigenvalue weighted by atomic mass is 35.5. The van der Waals surface area contributed by atoms with Crippen molar-refractivity contribution in [1.29, 1.82) is 0 Å². The lowest BCUT2D eigenvalue weighted by molar-refractivity contribution is -0.142. The fraction of sp³-hybridized carbons (Fsp3) is 0.0625. The molecular weight excluding hydrogens is 375 g/mol. The van der Waals surface area contributed by atoms with Crippen LogP contribution in [-0.2, 0) is 14.3 Å². The molecule has 0 bridgehead atoms. The Hall–Kier alpha value is -2.08. The van der Waals surface area contributed by atoms with E-state index in [9.17, 15) is 9.59 Å². The Morgan fingerprint density at radius 2 is 1.88 bits per heavy atom. The van der Waals surface area contributed by atoms with Gasteiger partial charge in [0, 0.05) is 22.3 Å². The molecule has 24 heavy (non-hydrogen) atoms. The van der Waals surface area contributed by atoms with E-state index in [1.54, 1.807) is 24.3 Å². The van der Waals surface area contributed by atoms with Gasteiger partial charge in [-0.3, -0.25) is 4.79 Å². The number of rotatable bonds is 5. The minimum Gasteiger partial charge on any atom is -0.452 e. The smallest absolute Gasteiger partial charge is 0.331 e. The normalized spacial score (nSPS) is 10.6. The molecule has 0 aliphatic heterocycles. The lowest BCUT2D eigenvalue weighted by Crippen LogP contribution is -2.20. The minimum absolute atomic E-state index is 0.309. The summed E-state index contributed by atoms with van der Waals surface area (Å²) >= 11 is 17.4. The van der Waals surface area contributed by atoms with Crippen LogP contribution in [0.2, 0.25) is 15.1 Å². The number of anilines is 1. The van der Waals surface area contributed by atoms with Gasteiger partial charge in [0.2, 0.25) is 0 Å². The maximum Gasteiger partial charge on any atom is 0.331 e. The van der Waals surface area contributed by atoms with Crippen molar-refractivity contribution >= 4 is 58.6 Å². The van der Waals surface area contributed by atoms with Crippen LogP contribution >= 0.6 is 34.8 Å². The number of aromatic nitrogens is 1. The summed E-state index contributed by atoms with van der Waals surface area (Å²) in [6, 6.07) is 7.97. The molecule has 2 rings (SSSR count). The number of benzene rings is 1. The Balaban J connectivity index is 1.83. The first kappa shape index (κ1) is 18.3. The summed E-state index contributed by atoms with van der Waals surface area (Å²) in [5.41, 5.74) is 0.604. The first-order valence-corrected chi connectivity index (χ1v) is 7.79. The molecule has 1 amide bonds. The van der Waals surface area contributed by atoms with Crippen molar-refractivity contribution < 1.29 is 14.3 Å². The van der Waals surface area contributed by atoms with E-state index in [4.69, 9.17) is 39.5 Å². The number of nitrogens with zero attached hydrogens (tertiary/aromatic N) is 1. The van der Waals surface area contributed by atoms with Crippen molar-refractivity contribution in [1.82, 2.24) is 4.98 Å². The Morgan fingerprint density at radius 3 is 2.54 bits per heavy atom. The van der Waals surface area contributed by atoms with Crippen molar-refractivity contribution in [2.45, 2.75) is 0 Å². The fourth-order valence-electron chi connectivity index (χ4n) is 1.61. The van der Waals surface area contributed by atoms with E-state index in [2.05, 4.69) is 10.3 Å². The zero-order valence-corrected chi connectivity index (χ0v) is 14.4. The van der Waals surface area contributed by atoms with Gasteiger partial charge in [-0.25, -0.2) is 9.78 Å². The van der Waals surface area contributed by atoms with Gasteiger partial charge in [-0.2, -0.15) is 0 Å². The summed E-state index contributed by atoms with van der Waals surface area (Å²) in [5.74, 6) is -0.889. The van der Waals surface area contributed by atoms with E-state index >= 15 is 0 Å². The molecule has 0 fully saturated rings. The highest BCUT2D eigenvalue weighted by Crippen LogP contribution is 2.21. The molecule has 1 aromatic carbocycles. The minimum atomic E-state index is -0.680. The summed E-state index contributed by atoms with van der Waals surface area (Å²) in [6.45, 7) is -0.443. The average Bonchev–Trinajstić information content (AvgIpc) is 2.54. The number of esters is 1. The molecule has 0 spiro atoms. The average molecular weight is 386 g/mol. The maximum atomic E-state index is 11.6. The van der Waals surface area contributed by atoms with Crippen molar-refractivity contribution in [3.05, 3.63) is 63.2 Å². The second kappa shape index (κ2) is 8.68. The van der Waals surface area contributed by atoms with Crippen molar-refractivity contribution in [2.75, 3.05) is 11.9 Å². The van der Waals surface area contributed by atoms with Gasteiger partial charge < -0.3 is 10.1 Å². The second-order valence-electron chi connectivity index (χ2n) is 4.52. The van der Waals surface area contributed by atoms with E-state index in [1.807, 2.05) is 0 Å². The van der Waals surface area contributed by atoms with Gasteiger partial charge in [0.25, 0.3) is 5.91 Å². The summed E-state index contributed by atoms with van der Waals surface area (Å²) in [7, 11) is 0. The van der Waals surface area contributed by atoms with E-state index in [-0.39, 0.29) is 0 Å². The number of hydrogen-bond acceptors (Lipinski definition) is 4. The van der Waals surface area contributed by atoms with Crippen LogP contribution in [0.3, 0.4) is 0 Å². The molecule has 0 saturated heterocycles. The Labute approximate surface area is 153 Å². The molecule has 0 atom stereocenters. The summed E-state index contributed by atoms with van der Waals surface area (Å²) in [4.78, 5) is 27.1. The highest BCUT2D eigenvalue weighted by Gasteiger charge is 2.07. The van der Waals surface area contributed by atoms with Crippen molar-refractivity contribution in [3.63, 3.8) is 0 Å². The summed E-state index contributed by atoms with van der Waals surface area (Å²) < 4.78 is 4.82. The van der Waals surface area contributed by atoms with Gasteiger partial charge in [-0.15, -0.1) is 0 Å². The monoisotopic (exact) mass is 384 g/mol. The zero-order valence-electron chi connectivity index (χ0n) is 12.1. The van der Waals surface area contributed by atoms with Crippen LogP contribution in [0.4, 0.5) is 5.82 Å². The maximum absolute atomic E-state index is 11.6. The van der Waals surface area contributed by atoms with Crippen LogP contribution < -0.4 is 5.32 Å². The molecule has 0 unspecified atom stereocenters. The van der Waals surface area contributed by atoms with E-state index < -0.39 is 18.5 Å². The predicted octanol–water partition coefficient (Wildman–Crippen LogP) is 4.24. The number of nitrogens with one attached hydrogen (secondary N) is 1. The number of pyridine rings is 1. The van der Waals surface area contributed by atoms with Gasteiger partial charge in [0.05, 0.1) is 5.02 Å². The second-order valence-corrected chi connectivity index (χ2v) is 5.80. The van der Waals surface area contributed by atoms with Gasteiger partial charge >= 0.3 is 5.97 Å². The summed E-state index contributed by atoms with van der Waals surface area (Å²) in [6.07, 6.45) is 4.03. The van der Waals surface area contributed by atoms with Crippen LogP contribution in [0, 0.1) is 0 Å². The Morgan fingerprint density at radius 1 is 1.12 bits per heavy atom. The standard InChI is InChI=1S/C16H11Cl3N2O3/c17-11-3-1-10(13(19)7-11)2-6-16(23)24-9-15(22)21-14-5-4-12(18)8-20-14/h1-8H,9H2,(H,20,21,22)/b6-2+. The first-order valence-electron chi connectivity index (χ1n) is 6.65. The predicted molar refractivity (Wildman–Crippen MR) is 94.3 cm³/mol. The van der Waals surface area contributed by atoms with Crippen LogP contribution in [0.5, 0.6) is 0 Å². The molecule has 1 N–H and O–H groups in total. The van der Waals surface area contributed by atoms with Crippen LogP contribution in [0.15, 0.2) is 42.6 Å². The summed E-state index contributed by atoms with van der Waals surface area (Å²) in [5, 5.41) is 3.81. The van der Waals surface area contributed by atoms with E-state index in [0.717, 1.165) is 0 Å². The quantitative estimate of drug-likeness (QED) is 0.617. The van der Waals surface area contributed by atoms with E-state index in [0.29, 0.717) is 26.4 Å². The lowest BCUT2D eigenvalue weighted by atomic mass is 10.2. The molecule has 0 aliphatic carbocycles. The number of carbonyl (C=O) groups is 2. The van der Waals surface area contributed by atoms with Gasteiger partial charge in [-0.05, 0) is 35.9 Å². The van der Waals surface area contributed by atoms with Gasteiger partial charge in [-0.1, -0.05) is 40.9 Å². The van der Waals surface area contributed by atoms with Crippen LogP contribution in [-0.4, -0.2) is 23.5 Å². The Bertz CT molecular complexity index is 777. The number of amides is 1. The number of carbonyl (C=O) groups excluding carboxylic acids is 2. The number of halogens is 3. The highest BCUT2D eigenvalue weighted by molar-refractivity contribution is 6.35. The number of hydrogen-bond donors (Lipinski definition) is 1. The molecule has 0 aliphatic rings. The molecule has 0 radical (unpaired) electrons. The van der Waals surface area contributed by atoms with Crippen molar-refractivity contribution in [3.8, 4) is 0 Å². The van der Waals surface area contributed by atoms with Crippen molar-refractivity contribution in [2.24, 2.45) is 0 Å². The van der Waals surface area contributed by atoms with Gasteiger partial charge in [0.15, 0.2) is 6.61 Å². The van der Waals surface area contributed by atoms with E-state index in [1.165, 1.54) is 24.4 Å². The third kappa shape index (κ3) is 5.85. The lowest BCUT2D eigenvalue weighted by Gasteiger charge is -2.04. The fourth-order valence-corrected chi connectivity index (χ4v) is 2.19.